The third kappa shape index (κ3) is 3.35. The first kappa shape index (κ1) is 12.7. The molecule has 18 heavy (non-hydrogen) atoms. The smallest absolute Gasteiger partial charge is 0.324 e. The zero-order chi connectivity index (χ0) is 13.0. The van der Waals surface area contributed by atoms with Gasteiger partial charge < -0.3 is 16.0 Å². The van der Waals surface area contributed by atoms with Gasteiger partial charge in [0.1, 0.15) is 0 Å². The van der Waals surface area contributed by atoms with Crippen LogP contribution in [0.2, 0.25) is 0 Å². The number of urea groups is 1. The Hall–Kier alpha value is -1.79. The van der Waals surface area contributed by atoms with Gasteiger partial charge in [0.15, 0.2) is 5.96 Å². The second-order valence-electron chi connectivity index (χ2n) is 4.38. The van der Waals surface area contributed by atoms with Gasteiger partial charge in [-0.1, -0.05) is 0 Å². The molecular weight excluding hydrogens is 234 g/mol. The predicted molar refractivity (Wildman–Crippen MR) is 67.2 cm³/mol. The Morgan fingerprint density at radius 2 is 2.28 bits per heavy atom. The molecule has 0 aromatic heterocycles. The van der Waals surface area contributed by atoms with Crippen LogP contribution in [0.3, 0.4) is 0 Å². The van der Waals surface area contributed by atoms with Crippen LogP contribution in [-0.4, -0.2) is 55.0 Å². The van der Waals surface area contributed by atoms with E-state index in [2.05, 4.69) is 20.9 Å². The third-order valence-electron chi connectivity index (χ3n) is 2.79. The highest BCUT2D eigenvalue weighted by molar-refractivity contribution is 6.01. The first-order valence-corrected chi connectivity index (χ1v) is 6.33. The lowest BCUT2D eigenvalue weighted by molar-refractivity contribution is -0.124. The Kier molecular flexibility index (Phi) is 4.01. The lowest BCUT2D eigenvalue weighted by atomic mass is 10.5. The lowest BCUT2D eigenvalue weighted by Crippen LogP contribution is -2.39. The van der Waals surface area contributed by atoms with Gasteiger partial charge in [-0.2, -0.15) is 0 Å². The molecule has 0 spiro atoms. The van der Waals surface area contributed by atoms with Crippen molar-refractivity contribution in [3.8, 4) is 0 Å². The summed E-state index contributed by atoms with van der Waals surface area (Å²) in [4.78, 5) is 28.2. The van der Waals surface area contributed by atoms with Crippen LogP contribution in [0.4, 0.5) is 4.79 Å². The van der Waals surface area contributed by atoms with Crippen LogP contribution in [-0.2, 0) is 4.79 Å². The van der Waals surface area contributed by atoms with Crippen LogP contribution in [0, 0.1) is 0 Å². The molecule has 2 fully saturated rings. The van der Waals surface area contributed by atoms with Gasteiger partial charge in [-0.05, 0) is 19.8 Å². The summed E-state index contributed by atoms with van der Waals surface area (Å²) < 4.78 is 0. The molecule has 0 bridgehead atoms. The summed E-state index contributed by atoms with van der Waals surface area (Å²) in [5.74, 6) is 0.572. The molecule has 7 nitrogen and oxygen atoms in total. The highest BCUT2D eigenvalue weighted by Gasteiger charge is 2.27. The van der Waals surface area contributed by atoms with Crippen molar-refractivity contribution in [3.63, 3.8) is 0 Å². The molecule has 1 heterocycles. The topological polar surface area (TPSA) is 85.8 Å². The van der Waals surface area contributed by atoms with E-state index < -0.39 is 0 Å². The first-order chi connectivity index (χ1) is 8.70. The highest BCUT2D eigenvalue weighted by Crippen LogP contribution is 2.18. The van der Waals surface area contributed by atoms with E-state index in [0.29, 0.717) is 19.1 Å². The van der Waals surface area contributed by atoms with Crippen molar-refractivity contribution in [2.24, 2.45) is 4.99 Å². The number of hydrogen-bond acceptors (Lipinski definition) is 3. The molecule has 1 saturated carbocycles. The van der Waals surface area contributed by atoms with Gasteiger partial charge in [0.2, 0.25) is 5.91 Å². The normalized spacial score (nSPS) is 20.1. The molecule has 1 aliphatic heterocycles. The van der Waals surface area contributed by atoms with Crippen molar-refractivity contribution in [1.29, 1.82) is 0 Å². The van der Waals surface area contributed by atoms with Crippen LogP contribution in [0.5, 0.6) is 0 Å². The molecule has 0 atom stereocenters. The van der Waals surface area contributed by atoms with Crippen LogP contribution < -0.4 is 16.0 Å². The lowest BCUT2D eigenvalue weighted by Gasteiger charge is -2.12. The van der Waals surface area contributed by atoms with E-state index in [-0.39, 0.29) is 18.5 Å². The average Bonchev–Trinajstić information content (AvgIpc) is 3.10. The van der Waals surface area contributed by atoms with Gasteiger partial charge in [0.25, 0.3) is 0 Å². The quantitative estimate of drug-likeness (QED) is 0.342. The van der Waals surface area contributed by atoms with E-state index in [0.717, 1.165) is 12.5 Å². The van der Waals surface area contributed by atoms with E-state index in [9.17, 15) is 9.59 Å². The molecule has 100 valence electrons. The van der Waals surface area contributed by atoms with E-state index in [1.54, 1.807) is 0 Å². The second-order valence-corrected chi connectivity index (χ2v) is 4.38. The number of carbonyl (C=O) groups excluding carboxylic acids is 2. The number of carbonyl (C=O) groups is 2. The summed E-state index contributed by atoms with van der Waals surface area (Å²) in [7, 11) is 0. The van der Waals surface area contributed by atoms with Gasteiger partial charge in [-0.15, -0.1) is 0 Å². The number of nitrogens with one attached hydrogen (secondary N) is 3. The minimum atomic E-state index is -0.324. The van der Waals surface area contributed by atoms with Gasteiger partial charge >= 0.3 is 6.03 Å². The van der Waals surface area contributed by atoms with Crippen molar-refractivity contribution in [1.82, 2.24) is 20.9 Å². The summed E-state index contributed by atoms with van der Waals surface area (Å²) in [6, 6.07) is 0.204. The molecule has 2 aliphatic rings. The number of hydrogen-bond donors (Lipinski definition) is 3. The first-order valence-electron chi connectivity index (χ1n) is 6.33. The van der Waals surface area contributed by atoms with Crippen LogP contribution in [0.25, 0.3) is 0 Å². The second kappa shape index (κ2) is 5.70. The van der Waals surface area contributed by atoms with Crippen molar-refractivity contribution >= 4 is 17.9 Å². The highest BCUT2D eigenvalue weighted by atomic mass is 16.2. The van der Waals surface area contributed by atoms with E-state index >= 15 is 0 Å². The van der Waals surface area contributed by atoms with Crippen LogP contribution in [0.1, 0.15) is 19.8 Å². The Morgan fingerprint density at radius 3 is 2.83 bits per heavy atom. The van der Waals surface area contributed by atoms with Crippen LogP contribution in [0.15, 0.2) is 4.99 Å². The molecule has 1 aliphatic carbocycles. The van der Waals surface area contributed by atoms with E-state index in [1.165, 1.54) is 17.7 Å². The number of nitrogens with zero attached hydrogens (tertiary/aromatic N) is 2. The maximum absolute atomic E-state index is 11.3. The van der Waals surface area contributed by atoms with Crippen molar-refractivity contribution in [2.45, 2.75) is 25.8 Å². The minimum absolute atomic E-state index is 0.100. The Morgan fingerprint density at radius 1 is 1.50 bits per heavy atom. The van der Waals surface area contributed by atoms with E-state index in [1.807, 2.05) is 6.92 Å². The summed E-state index contributed by atoms with van der Waals surface area (Å²) >= 11 is 0. The zero-order valence-electron chi connectivity index (χ0n) is 10.5. The maximum atomic E-state index is 11.3. The molecule has 1 saturated heterocycles. The average molecular weight is 253 g/mol. The standard InChI is InChI=1S/C11H19N5O2/c1-2-12-10(15-8-3-4-8)13-5-6-16-9(17)7-14-11(16)18/h8H,2-7H2,1H3,(H,14,18)(H2,12,13,15). The van der Waals surface area contributed by atoms with Crippen molar-refractivity contribution < 1.29 is 9.59 Å². The molecular formula is C11H19N5O2. The SMILES string of the molecule is CCNC(=NCCN1C(=O)CNC1=O)NC1CC1. The molecule has 0 radical (unpaired) electrons. The predicted octanol–water partition coefficient (Wildman–Crippen LogP) is -0.744. The summed E-state index contributed by atoms with van der Waals surface area (Å²) in [5.41, 5.74) is 0. The minimum Gasteiger partial charge on any atom is -0.357 e. The monoisotopic (exact) mass is 253 g/mol. The Labute approximate surface area is 106 Å². The summed E-state index contributed by atoms with van der Waals surface area (Å²) in [6.45, 7) is 3.64. The molecule has 3 amide bonds. The van der Waals surface area contributed by atoms with Gasteiger partial charge in [-0.25, -0.2) is 4.79 Å². The Balaban J connectivity index is 1.79. The van der Waals surface area contributed by atoms with Gasteiger partial charge in [-0.3, -0.25) is 14.7 Å². The molecule has 2 rings (SSSR count). The van der Waals surface area contributed by atoms with Gasteiger partial charge in [0, 0.05) is 12.6 Å². The number of amides is 3. The van der Waals surface area contributed by atoms with Gasteiger partial charge in [0.05, 0.1) is 19.6 Å². The third-order valence-corrected chi connectivity index (χ3v) is 2.79. The fourth-order valence-electron chi connectivity index (χ4n) is 1.68. The fraction of sp³-hybridized carbons (Fsp3) is 0.727. The summed E-state index contributed by atoms with van der Waals surface area (Å²) in [6.07, 6.45) is 2.36. The van der Waals surface area contributed by atoms with Crippen LogP contribution >= 0.6 is 0 Å². The van der Waals surface area contributed by atoms with Crippen molar-refractivity contribution in [3.05, 3.63) is 0 Å². The maximum Gasteiger partial charge on any atom is 0.324 e. The number of guanidine groups is 1. The van der Waals surface area contributed by atoms with Crippen molar-refractivity contribution in [2.75, 3.05) is 26.2 Å². The molecule has 0 aromatic carbocycles. The molecule has 3 N–H and O–H groups in total. The number of rotatable bonds is 5. The fourth-order valence-corrected chi connectivity index (χ4v) is 1.68. The molecule has 7 heteroatoms. The molecule has 0 aromatic rings. The molecule has 0 unspecified atom stereocenters. The van der Waals surface area contributed by atoms with E-state index in [4.69, 9.17) is 0 Å². The summed E-state index contributed by atoms with van der Waals surface area (Å²) in [5, 5.41) is 8.89. The number of aliphatic imine (C=N–C) groups is 1. The zero-order valence-corrected chi connectivity index (χ0v) is 10.5. The largest absolute Gasteiger partial charge is 0.357 e. The Bertz CT molecular complexity index is 348. The number of imide groups is 1.